The number of nitrogens with zero attached hydrogens (tertiary/aromatic N) is 5. The summed E-state index contributed by atoms with van der Waals surface area (Å²) in [5.41, 5.74) is 1.06. The summed E-state index contributed by atoms with van der Waals surface area (Å²) in [6, 6.07) is 2.11. The van der Waals surface area contributed by atoms with Crippen molar-refractivity contribution in [3.63, 3.8) is 0 Å². The first kappa shape index (κ1) is 14.8. The number of thiazole rings is 1. The van der Waals surface area contributed by atoms with Crippen molar-refractivity contribution < 1.29 is 4.74 Å². The highest BCUT2D eigenvalue weighted by atomic mass is 32.1. The van der Waals surface area contributed by atoms with Crippen LogP contribution in [0.2, 0.25) is 0 Å². The lowest BCUT2D eigenvalue weighted by atomic mass is 10.2. The number of aromatic nitrogens is 3. The molecule has 0 saturated carbocycles. The molecular formula is C16H21N5OS. The molecule has 2 aliphatic rings. The zero-order valence-corrected chi connectivity index (χ0v) is 14.1. The Labute approximate surface area is 140 Å². The quantitative estimate of drug-likeness (QED) is 0.861. The molecule has 4 rings (SSSR count). The van der Waals surface area contributed by atoms with Crippen LogP contribution in [0.25, 0.3) is 0 Å². The fourth-order valence-electron chi connectivity index (χ4n) is 3.16. The summed E-state index contributed by atoms with van der Waals surface area (Å²) in [7, 11) is 0. The molecule has 1 atom stereocenters. The molecule has 2 saturated heterocycles. The van der Waals surface area contributed by atoms with Crippen molar-refractivity contribution in [2.45, 2.75) is 25.9 Å². The predicted octanol–water partition coefficient (Wildman–Crippen LogP) is 2.42. The molecule has 0 aliphatic carbocycles. The topological polar surface area (TPSA) is 54.4 Å². The van der Waals surface area contributed by atoms with Gasteiger partial charge in [0.2, 0.25) is 0 Å². The fraction of sp³-hybridized carbons (Fsp3) is 0.562. The van der Waals surface area contributed by atoms with Crippen LogP contribution in [0.4, 0.5) is 11.6 Å². The van der Waals surface area contributed by atoms with Crippen molar-refractivity contribution in [2.24, 2.45) is 0 Å². The van der Waals surface area contributed by atoms with Crippen LogP contribution in [0.3, 0.4) is 0 Å². The highest BCUT2D eigenvalue weighted by Crippen LogP contribution is 2.28. The lowest BCUT2D eigenvalue weighted by molar-refractivity contribution is 0.0393. The van der Waals surface area contributed by atoms with E-state index in [9.17, 15) is 0 Å². The zero-order valence-electron chi connectivity index (χ0n) is 13.3. The maximum absolute atomic E-state index is 5.91. The van der Waals surface area contributed by atoms with Crippen LogP contribution >= 0.6 is 11.3 Å². The van der Waals surface area contributed by atoms with Crippen LogP contribution in [0.1, 0.15) is 29.6 Å². The van der Waals surface area contributed by atoms with E-state index in [4.69, 9.17) is 4.74 Å². The highest BCUT2D eigenvalue weighted by Gasteiger charge is 2.26. The normalized spacial score (nSPS) is 21.9. The van der Waals surface area contributed by atoms with Crippen LogP contribution in [0.5, 0.6) is 0 Å². The minimum Gasteiger partial charge on any atom is -0.367 e. The van der Waals surface area contributed by atoms with Gasteiger partial charge in [0.25, 0.3) is 0 Å². The van der Waals surface area contributed by atoms with Gasteiger partial charge < -0.3 is 14.5 Å². The zero-order chi connectivity index (χ0) is 15.6. The van der Waals surface area contributed by atoms with Crippen molar-refractivity contribution in [3.8, 4) is 0 Å². The number of hydrogen-bond donors (Lipinski definition) is 0. The Hall–Kier alpha value is -1.73. The smallest absolute Gasteiger partial charge is 0.134 e. The van der Waals surface area contributed by atoms with Gasteiger partial charge in [0.1, 0.15) is 29.1 Å². The van der Waals surface area contributed by atoms with E-state index in [1.165, 1.54) is 12.8 Å². The maximum atomic E-state index is 5.91. The van der Waals surface area contributed by atoms with E-state index in [2.05, 4.69) is 36.2 Å². The molecule has 0 radical (unpaired) electrons. The van der Waals surface area contributed by atoms with Gasteiger partial charge in [-0.15, -0.1) is 11.3 Å². The Morgan fingerprint density at radius 3 is 2.65 bits per heavy atom. The number of aryl methyl sites for hydroxylation is 1. The molecule has 0 amide bonds. The van der Waals surface area contributed by atoms with E-state index in [1.54, 1.807) is 17.7 Å². The first-order chi connectivity index (χ1) is 11.3. The molecule has 6 nitrogen and oxygen atoms in total. The predicted molar refractivity (Wildman–Crippen MR) is 91.2 cm³/mol. The molecule has 122 valence electrons. The number of hydrogen-bond acceptors (Lipinski definition) is 7. The van der Waals surface area contributed by atoms with Crippen molar-refractivity contribution in [1.82, 2.24) is 15.0 Å². The SMILES string of the molecule is Cc1csc([C@H]2CN(c3cc(N4CCCC4)ncn3)CCO2)n1. The lowest BCUT2D eigenvalue weighted by Crippen LogP contribution is -2.39. The van der Waals surface area contributed by atoms with Gasteiger partial charge in [-0.2, -0.15) is 0 Å². The molecule has 0 unspecified atom stereocenters. The van der Waals surface area contributed by atoms with Gasteiger partial charge >= 0.3 is 0 Å². The van der Waals surface area contributed by atoms with E-state index in [1.807, 2.05) is 6.92 Å². The molecule has 2 fully saturated rings. The van der Waals surface area contributed by atoms with Crippen molar-refractivity contribution in [1.29, 1.82) is 0 Å². The molecule has 7 heteroatoms. The van der Waals surface area contributed by atoms with Crippen LogP contribution in [0.15, 0.2) is 17.8 Å². The van der Waals surface area contributed by atoms with E-state index in [0.29, 0.717) is 6.61 Å². The number of ether oxygens (including phenoxy) is 1. The van der Waals surface area contributed by atoms with Crippen molar-refractivity contribution in [3.05, 3.63) is 28.5 Å². The summed E-state index contributed by atoms with van der Waals surface area (Å²) >= 11 is 1.67. The fourth-order valence-corrected chi connectivity index (χ4v) is 3.99. The largest absolute Gasteiger partial charge is 0.367 e. The summed E-state index contributed by atoms with van der Waals surface area (Å²) in [5.74, 6) is 2.03. The molecule has 0 spiro atoms. The standard InChI is InChI=1S/C16H21N5OS/c1-12-10-23-16(19-12)13-9-21(6-7-22-13)15-8-14(17-11-18-15)20-4-2-3-5-20/h8,10-11,13H,2-7,9H2,1H3/t13-/m1/s1. The molecule has 23 heavy (non-hydrogen) atoms. The summed E-state index contributed by atoms with van der Waals surface area (Å²) in [6.45, 7) is 6.57. The molecule has 2 aromatic heterocycles. The molecule has 2 aliphatic heterocycles. The first-order valence-corrected chi connectivity index (χ1v) is 9.03. The number of anilines is 2. The maximum Gasteiger partial charge on any atom is 0.134 e. The Morgan fingerprint density at radius 1 is 1.13 bits per heavy atom. The van der Waals surface area contributed by atoms with Crippen LogP contribution in [0, 0.1) is 6.92 Å². The average molecular weight is 331 g/mol. The minimum atomic E-state index is 0.0349. The molecule has 2 aromatic rings. The van der Waals surface area contributed by atoms with Gasteiger partial charge in [0.15, 0.2) is 0 Å². The summed E-state index contributed by atoms with van der Waals surface area (Å²) in [6.07, 6.45) is 4.22. The van der Waals surface area contributed by atoms with E-state index in [-0.39, 0.29) is 6.10 Å². The molecule has 4 heterocycles. The third-order valence-electron chi connectivity index (χ3n) is 4.37. The Kier molecular flexibility index (Phi) is 4.13. The monoisotopic (exact) mass is 331 g/mol. The lowest BCUT2D eigenvalue weighted by Gasteiger charge is -2.33. The van der Waals surface area contributed by atoms with Crippen LogP contribution < -0.4 is 9.80 Å². The molecule has 0 aromatic carbocycles. The van der Waals surface area contributed by atoms with E-state index >= 15 is 0 Å². The van der Waals surface area contributed by atoms with Gasteiger partial charge in [-0.05, 0) is 19.8 Å². The van der Waals surface area contributed by atoms with Gasteiger partial charge in [-0.3, -0.25) is 0 Å². The Morgan fingerprint density at radius 2 is 1.91 bits per heavy atom. The molecule has 0 N–H and O–H groups in total. The van der Waals surface area contributed by atoms with Crippen LogP contribution in [-0.4, -0.2) is 47.7 Å². The number of morpholine rings is 1. The first-order valence-electron chi connectivity index (χ1n) is 8.15. The van der Waals surface area contributed by atoms with Gasteiger partial charge in [-0.1, -0.05) is 0 Å². The molecular weight excluding hydrogens is 310 g/mol. The average Bonchev–Trinajstić information content (AvgIpc) is 3.27. The van der Waals surface area contributed by atoms with Crippen molar-refractivity contribution in [2.75, 3.05) is 42.6 Å². The highest BCUT2D eigenvalue weighted by molar-refractivity contribution is 7.09. The minimum absolute atomic E-state index is 0.0349. The van der Waals surface area contributed by atoms with E-state index < -0.39 is 0 Å². The second-order valence-corrected chi connectivity index (χ2v) is 6.95. The molecule has 0 bridgehead atoms. The Balaban J connectivity index is 1.52. The van der Waals surface area contributed by atoms with Crippen molar-refractivity contribution >= 4 is 23.0 Å². The summed E-state index contributed by atoms with van der Waals surface area (Å²) < 4.78 is 5.91. The Bertz CT molecular complexity index is 670. The van der Waals surface area contributed by atoms with Gasteiger partial charge in [0.05, 0.1) is 13.2 Å². The van der Waals surface area contributed by atoms with E-state index in [0.717, 1.165) is 48.5 Å². The third kappa shape index (κ3) is 3.16. The summed E-state index contributed by atoms with van der Waals surface area (Å²) in [5, 5.41) is 3.13. The van der Waals surface area contributed by atoms with Gasteiger partial charge in [-0.25, -0.2) is 15.0 Å². The van der Waals surface area contributed by atoms with Crippen LogP contribution in [-0.2, 0) is 4.74 Å². The van der Waals surface area contributed by atoms with Gasteiger partial charge in [0, 0.05) is 36.8 Å². The summed E-state index contributed by atoms with van der Waals surface area (Å²) in [4.78, 5) is 18.1. The second-order valence-electron chi connectivity index (χ2n) is 6.06. The second kappa shape index (κ2) is 6.41. The number of rotatable bonds is 3. The third-order valence-corrected chi connectivity index (χ3v) is 5.43.